The van der Waals surface area contributed by atoms with E-state index in [9.17, 15) is 8.42 Å². The second-order valence-electron chi connectivity index (χ2n) is 4.87. The van der Waals surface area contributed by atoms with E-state index in [-0.39, 0.29) is 17.7 Å². The van der Waals surface area contributed by atoms with Crippen LogP contribution in [0.1, 0.15) is 30.7 Å². The van der Waals surface area contributed by atoms with Crippen molar-refractivity contribution >= 4 is 48.7 Å². The Hall–Kier alpha value is 0.380. The maximum absolute atomic E-state index is 11.7. The van der Waals surface area contributed by atoms with Crippen molar-refractivity contribution in [3.05, 3.63) is 19.8 Å². The number of halogens is 2. The van der Waals surface area contributed by atoms with Crippen LogP contribution < -0.4 is 5.32 Å². The van der Waals surface area contributed by atoms with Crippen LogP contribution in [0.15, 0.2) is 10.5 Å². The summed E-state index contributed by atoms with van der Waals surface area (Å²) in [6.07, 6.45) is 1.76. The first-order valence-electron chi connectivity index (χ1n) is 6.31. The summed E-state index contributed by atoms with van der Waals surface area (Å²) in [5, 5.41) is 3.47. The highest BCUT2D eigenvalue weighted by Gasteiger charge is 2.35. The van der Waals surface area contributed by atoms with Gasteiger partial charge in [0.15, 0.2) is 9.84 Å². The summed E-state index contributed by atoms with van der Waals surface area (Å²) < 4.78 is 24.9. The quantitative estimate of drug-likeness (QED) is 0.840. The van der Waals surface area contributed by atoms with Crippen LogP contribution in [-0.2, 0) is 9.84 Å². The van der Waals surface area contributed by atoms with Gasteiger partial charge in [-0.3, -0.25) is 0 Å². The van der Waals surface area contributed by atoms with Gasteiger partial charge in [0, 0.05) is 15.4 Å². The number of nitrogens with one attached hydrogen (secondary N) is 1. The minimum absolute atomic E-state index is 0.0889. The highest BCUT2D eigenvalue weighted by Crippen LogP contribution is 2.40. The lowest BCUT2D eigenvalue weighted by molar-refractivity contribution is 0.398. The standard InChI is InChI=1S/C12H17BrClNO2S2/c1-2-4-15-11(8-3-5-19(16,17)7-8)10-6-9(13)12(14)18-10/h6,8,11,15H,2-5,7H2,1H3. The molecule has 2 rings (SSSR count). The average molecular weight is 387 g/mol. The molecule has 1 aromatic rings. The summed E-state index contributed by atoms with van der Waals surface area (Å²) in [6, 6.07) is 2.09. The Morgan fingerprint density at radius 2 is 2.37 bits per heavy atom. The topological polar surface area (TPSA) is 46.2 Å². The van der Waals surface area contributed by atoms with Gasteiger partial charge in [-0.2, -0.15) is 0 Å². The second kappa shape index (κ2) is 6.43. The van der Waals surface area contributed by atoms with E-state index >= 15 is 0 Å². The molecule has 2 unspecified atom stereocenters. The third-order valence-corrected chi connectivity index (χ3v) is 7.68. The zero-order chi connectivity index (χ0) is 14.0. The van der Waals surface area contributed by atoms with Crippen LogP contribution >= 0.6 is 38.9 Å². The molecule has 0 saturated carbocycles. The first-order chi connectivity index (χ1) is 8.93. The SMILES string of the molecule is CCCNC(c1cc(Br)c(Cl)s1)C1CCS(=O)(=O)C1. The molecule has 1 aromatic heterocycles. The summed E-state index contributed by atoms with van der Waals surface area (Å²) >= 11 is 11.0. The zero-order valence-corrected chi connectivity index (χ0v) is 14.6. The Labute approximate surface area is 131 Å². The van der Waals surface area contributed by atoms with Crippen molar-refractivity contribution in [2.75, 3.05) is 18.1 Å². The zero-order valence-electron chi connectivity index (χ0n) is 10.7. The van der Waals surface area contributed by atoms with Crippen LogP contribution in [0.2, 0.25) is 4.34 Å². The van der Waals surface area contributed by atoms with Gasteiger partial charge in [-0.25, -0.2) is 8.42 Å². The molecule has 2 heterocycles. The van der Waals surface area contributed by atoms with Crippen molar-refractivity contribution in [3.63, 3.8) is 0 Å². The molecule has 7 heteroatoms. The first-order valence-corrected chi connectivity index (χ1v) is 10.1. The maximum atomic E-state index is 11.7. The van der Waals surface area contributed by atoms with E-state index in [1.807, 2.05) is 6.07 Å². The van der Waals surface area contributed by atoms with Crippen LogP contribution in [-0.4, -0.2) is 26.5 Å². The molecule has 0 spiro atoms. The second-order valence-corrected chi connectivity index (χ2v) is 9.63. The summed E-state index contributed by atoms with van der Waals surface area (Å²) in [6.45, 7) is 2.99. The lowest BCUT2D eigenvalue weighted by Gasteiger charge is -2.22. The molecule has 1 aliphatic heterocycles. The molecule has 0 aliphatic carbocycles. The summed E-state index contributed by atoms with van der Waals surface area (Å²) in [5.74, 6) is 0.738. The van der Waals surface area contributed by atoms with Crippen LogP contribution in [0.3, 0.4) is 0 Å². The Bertz CT molecular complexity index is 524. The van der Waals surface area contributed by atoms with Crippen molar-refractivity contribution in [3.8, 4) is 0 Å². The molecule has 0 aromatic carbocycles. The molecule has 0 amide bonds. The molecule has 1 fully saturated rings. The smallest absolute Gasteiger partial charge is 0.150 e. The van der Waals surface area contributed by atoms with Gasteiger partial charge in [-0.15, -0.1) is 11.3 Å². The van der Waals surface area contributed by atoms with Crippen molar-refractivity contribution in [1.82, 2.24) is 5.32 Å². The summed E-state index contributed by atoms with van der Waals surface area (Å²) in [7, 11) is -2.86. The van der Waals surface area contributed by atoms with Crippen molar-refractivity contribution in [2.45, 2.75) is 25.8 Å². The Morgan fingerprint density at radius 3 is 2.84 bits per heavy atom. The van der Waals surface area contributed by atoms with Crippen molar-refractivity contribution in [1.29, 1.82) is 0 Å². The Morgan fingerprint density at radius 1 is 1.63 bits per heavy atom. The molecular formula is C12H17BrClNO2S2. The molecule has 3 nitrogen and oxygen atoms in total. The molecule has 108 valence electrons. The third-order valence-electron chi connectivity index (χ3n) is 3.32. The average Bonchev–Trinajstić information content (AvgIpc) is 2.84. The molecule has 1 N–H and O–H groups in total. The molecular weight excluding hydrogens is 370 g/mol. The van der Waals surface area contributed by atoms with Crippen molar-refractivity contribution < 1.29 is 8.42 Å². The summed E-state index contributed by atoms with van der Waals surface area (Å²) in [4.78, 5) is 1.12. The number of hydrogen-bond donors (Lipinski definition) is 1. The minimum atomic E-state index is -2.86. The van der Waals surface area contributed by atoms with Gasteiger partial charge in [0.2, 0.25) is 0 Å². The number of hydrogen-bond acceptors (Lipinski definition) is 4. The van der Waals surface area contributed by atoms with Gasteiger partial charge < -0.3 is 5.32 Å². The number of thiophene rings is 1. The normalized spacial score (nSPS) is 23.6. The maximum Gasteiger partial charge on any atom is 0.150 e. The molecule has 2 atom stereocenters. The molecule has 0 bridgehead atoms. The van der Waals surface area contributed by atoms with Gasteiger partial charge in [-0.05, 0) is 47.3 Å². The van der Waals surface area contributed by atoms with Crippen LogP contribution in [0, 0.1) is 5.92 Å². The Balaban J connectivity index is 2.21. The predicted molar refractivity (Wildman–Crippen MR) is 84.8 cm³/mol. The van der Waals surface area contributed by atoms with Gasteiger partial charge >= 0.3 is 0 Å². The highest BCUT2D eigenvalue weighted by molar-refractivity contribution is 9.10. The van der Waals surface area contributed by atoms with Crippen LogP contribution in [0.25, 0.3) is 0 Å². The highest BCUT2D eigenvalue weighted by atomic mass is 79.9. The fourth-order valence-electron chi connectivity index (χ4n) is 2.40. The van der Waals surface area contributed by atoms with E-state index in [2.05, 4.69) is 28.2 Å². The van der Waals surface area contributed by atoms with Crippen LogP contribution in [0.5, 0.6) is 0 Å². The van der Waals surface area contributed by atoms with E-state index in [4.69, 9.17) is 11.6 Å². The van der Waals surface area contributed by atoms with E-state index in [0.29, 0.717) is 5.75 Å². The van der Waals surface area contributed by atoms with Crippen molar-refractivity contribution in [2.24, 2.45) is 5.92 Å². The predicted octanol–water partition coefficient (Wildman–Crippen LogP) is 3.64. The van der Waals surface area contributed by atoms with E-state index in [1.165, 1.54) is 11.3 Å². The molecule has 1 saturated heterocycles. The van der Waals surface area contributed by atoms with Gasteiger partial charge in [-0.1, -0.05) is 18.5 Å². The largest absolute Gasteiger partial charge is 0.309 e. The fourth-order valence-corrected chi connectivity index (χ4v) is 6.15. The molecule has 19 heavy (non-hydrogen) atoms. The molecule has 1 aliphatic rings. The third kappa shape index (κ3) is 3.94. The summed E-state index contributed by atoms with van der Waals surface area (Å²) in [5.41, 5.74) is 0. The van der Waals surface area contributed by atoms with E-state index in [1.54, 1.807) is 0 Å². The van der Waals surface area contributed by atoms with E-state index < -0.39 is 9.84 Å². The van der Waals surface area contributed by atoms with Gasteiger partial charge in [0.25, 0.3) is 0 Å². The van der Waals surface area contributed by atoms with Gasteiger partial charge in [0.05, 0.1) is 11.5 Å². The number of rotatable bonds is 5. The lowest BCUT2D eigenvalue weighted by atomic mass is 9.97. The van der Waals surface area contributed by atoms with Gasteiger partial charge in [0.1, 0.15) is 4.34 Å². The van der Waals surface area contributed by atoms with Crippen LogP contribution in [0.4, 0.5) is 0 Å². The lowest BCUT2D eigenvalue weighted by Crippen LogP contribution is -2.29. The Kier molecular flexibility index (Phi) is 5.34. The fraction of sp³-hybridized carbons (Fsp3) is 0.667. The monoisotopic (exact) mass is 385 g/mol. The first kappa shape index (κ1) is 15.8. The number of sulfone groups is 1. The molecule has 0 radical (unpaired) electrons. The minimum Gasteiger partial charge on any atom is -0.309 e. The van der Waals surface area contributed by atoms with E-state index in [0.717, 1.165) is 33.1 Å².